The van der Waals surface area contributed by atoms with Crippen LogP contribution >= 0.6 is 15.9 Å². The Bertz CT molecular complexity index is 537. The number of H-pyrrole nitrogens is 1. The van der Waals surface area contributed by atoms with Gasteiger partial charge in [-0.25, -0.2) is 5.43 Å². The zero-order valence-electron chi connectivity index (χ0n) is 8.59. The lowest BCUT2D eigenvalue weighted by Crippen LogP contribution is -2.18. The molecule has 0 bridgehead atoms. The first-order valence-electron chi connectivity index (χ1n) is 4.69. The maximum absolute atomic E-state index is 11.6. The number of nitrogens with one attached hydrogen (secondary N) is 2. The molecule has 0 saturated heterocycles. The zero-order chi connectivity index (χ0) is 12.1. The van der Waals surface area contributed by atoms with Gasteiger partial charge in [0, 0.05) is 18.0 Å². The largest absolute Gasteiger partial charge is 0.290 e. The lowest BCUT2D eigenvalue weighted by molar-refractivity contribution is 0.0949. The number of nitrogens with zero attached hydrogens (tertiary/aromatic N) is 3. The van der Waals surface area contributed by atoms with Gasteiger partial charge in [-0.05, 0) is 22.0 Å². The van der Waals surface area contributed by atoms with Crippen LogP contribution in [0, 0.1) is 0 Å². The molecule has 7 heteroatoms. The fourth-order valence-corrected chi connectivity index (χ4v) is 1.48. The molecule has 0 saturated carbocycles. The van der Waals surface area contributed by atoms with Crippen LogP contribution in [0.1, 0.15) is 16.1 Å². The molecule has 2 aromatic rings. The number of hydrazone groups is 1. The molecule has 1 amide bonds. The van der Waals surface area contributed by atoms with Gasteiger partial charge in [0.1, 0.15) is 5.69 Å². The zero-order valence-corrected chi connectivity index (χ0v) is 10.2. The van der Waals surface area contributed by atoms with Crippen molar-refractivity contribution in [2.45, 2.75) is 0 Å². The van der Waals surface area contributed by atoms with Crippen LogP contribution < -0.4 is 5.43 Å². The van der Waals surface area contributed by atoms with E-state index in [0.717, 1.165) is 5.56 Å². The summed E-state index contributed by atoms with van der Waals surface area (Å²) in [5.74, 6) is -0.366. The summed E-state index contributed by atoms with van der Waals surface area (Å²) in [6, 6.07) is 3.61. The van der Waals surface area contributed by atoms with Crippen molar-refractivity contribution in [3.8, 4) is 0 Å². The Hall–Kier alpha value is -2.02. The van der Waals surface area contributed by atoms with Crippen molar-refractivity contribution in [3.05, 3.63) is 46.5 Å². The van der Waals surface area contributed by atoms with E-state index in [1.807, 2.05) is 6.07 Å². The number of rotatable bonds is 3. The van der Waals surface area contributed by atoms with Crippen LogP contribution in [0.5, 0.6) is 0 Å². The topological polar surface area (TPSA) is 83.0 Å². The van der Waals surface area contributed by atoms with Crippen LogP contribution in [0.3, 0.4) is 0 Å². The van der Waals surface area contributed by atoms with Crippen molar-refractivity contribution in [2.75, 3.05) is 0 Å². The van der Waals surface area contributed by atoms with Gasteiger partial charge in [-0.2, -0.15) is 10.2 Å². The summed E-state index contributed by atoms with van der Waals surface area (Å²) >= 11 is 3.19. The lowest BCUT2D eigenvalue weighted by Gasteiger charge is -1.96. The monoisotopic (exact) mass is 293 g/mol. The molecule has 2 aromatic heterocycles. The number of carbonyl (C=O) groups is 1. The van der Waals surface area contributed by atoms with Gasteiger partial charge in [-0.1, -0.05) is 6.07 Å². The van der Waals surface area contributed by atoms with E-state index in [0.29, 0.717) is 10.2 Å². The molecule has 0 aliphatic carbocycles. The van der Waals surface area contributed by atoms with Gasteiger partial charge in [-0.15, -0.1) is 0 Å². The smallest absolute Gasteiger partial charge is 0.272 e. The van der Waals surface area contributed by atoms with E-state index in [4.69, 9.17) is 0 Å². The fraction of sp³-hybridized carbons (Fsp3) is 0. The van der Waals surface area contributed by atoms with Crippen LogP contribution in [-0.2, 0) is 0 Å². The predicted octanol–water partition coefficient (Wildman–Crippen LogP) is 1.33. The van der Waals surface area contributed by atoms with Gasteiger partial charge in [-0.3, -0.25) is 14.9 Å². The van der Waals surface area contributed by atoms with Gasteiger partial charge >= 0.3 is 0 Å². The average Bonchev–Trinajstić information content (AvgIpc) is 2.77. The van der Waals surface area contributed by atoms with Crippen molar-refractivity contribution in [2.24, 2.45) is 5.10 Å². The number of aromatic nitrogens is 3. The van der Waals surface area contributed by atoms with E-state index in [2.05, 4.69) is 41.6 Å². The molecular weight excluding hydrogens is 286 g/mol. The lowest BCUT2D eigenvalue weighted by atomic mass is 10.3. The highest BCUT2D eigenvalue weighted by Crippen LogP contribution is 2.11. The number of hydrogen-bond donors (Lipinski definition) is 2. The summed E-state index contributed by atoms with van der Waals surface area (Å²) in [6.07, 6.45) is 6.31. The Morgan fingerprint density at radius 2 is 2.41 bits per heavy atom. The Balaban J connectivity index is 1.98. The second-order valence-corrected chi connectivity index (χ2v) is 3.93. The molecule has 2 heterocycles. The molecule has 86 valence electrons. The normalized spacial score (nSPS) is 10.6. The average molecular weight is 294 g/mol. The summed E-state index contributed by atoms with van der Waals surface area (Å²) in [5.41, 5.74) is 3.51. The van der Waals surface area contributed by atoms with E-state index in [1.165, 1.54) is 12.4 Å². The van der Waals surface area contributed by atoms with E-state index < -0.39 is 0 Å². The molecule has 0 aliphatic rings. The Morgan fingerprint density at radius 1 is 1.53 bits per heavy atom. The second kappa shape index (κ2) is 5.35. The van der Waals surface area contributed by atoms with Gasteiger partial charge in [0.15, 0.2) is 0 Å². The van der Waals surface area contributed by atoms with Crippen molar-refractivity contribution in [3.63, 3.8) is 0 Å². The van der Waals surface area contributed by atoms with Crippen molar-refractivity contribution >= 4 is 28.1 Å². The number of amides is 1. The third kappa shape index (κ3) is 2.97. The molecule has 17 heavy (non-hydrogen) atoms. The fourth-order valence-electron chi connectivity index (χ4n) is 1.10. The molecule has 0 aliphatic heterocycles. The minimum Gasteiger partial charge on any atom is -0.272 e. The SMILES string of the molecule is O=C(N/N=C\c1cccnc1)c1[nH]ncc1Br. The molecular formula is C10H8BrN5O. The van der Waals surface area contributed by atoms with Gasteiger partial charge in [0.2, 0.25) is 0 Å². The molecule has 6 nitrogen and oxygen atoms in total. The molecule has 2 N–H and O–H groups in total. The van der Waals surface area contributed by atoms with Crippen LogP contribution in [0.4, 0.5) is 0 Å². The first-order valence-corrected chi connectivity index (χ1v) is 5.49. The van der Waals surface area contributed by atoms with E-state index >= 15 is 0 Å². The minimum atomic E-state index is -0.366. The number of aromatic amines is 1. The number of hydrogen-bond acceptors (Lipinski definition) is 4. The molecule has 0 unspecified atom stereocenters. The molecule has 0 atom stereocenters. The quantitative estimate of drug-likeness (QED) is 0.661. The molecule has 2 rings (SSSR count). The van der Waals surface area contributed by atoms with Crippen LogP contribution in [0.15, 0.2) is 40.3 Å². The highest BCUT2D eigenvalue weighted by molar-refractivity contribution is 9.10. The highest BCUT2D eigenvalue weighted by atomic mass is 79.9. The van der Waals surface area contributed by atoms with Gasteiger partial charge in [0.05, 0.1) is 16.9 Å². The second-order valence-electron chi connectivity index (χ2n) is 3.08. The van der Waals surface area contributed by atoms with Crippen LogP contribution in [-0.4, -0.2) is 27.3 Å². The van der Waals surface area contributed by atoms with Gasteiger partial charge < -0.3 is 0 Å². The Morgan fingerprint density at radius 3 is 3.06 bits per heavy atom. The van der Waals surface area contributed by atoms with Crippen LogP contribution in [0.25, 0.3) is 0 Å². The number of pyridine rings is 1. The van der Waals surface area contributed by atoms with Crippen molar-refractivity contribution in [1.29, 1.82) is 0 Å². The third-order valence-corrected chi connectivity index (χ3v) is 2.49. The first-order chi connectivity index (χ1) is 8.27. The van der Waals surface area contributed by atoms with Crippen molar-refractivity contribution < 1.29 is 4.79 Å². The maximum atomic E-state index is 11.6. The number of carbonyl (C=O) groups excluding carboxylic acids is 1. The standard InChI is InChI=1S/C10H8BrN5O/c11-8-6-14-15-9(8)10(17)16-13-5-7-2-1-3-12-4-7/h1-6H,(H,14,15)(H,16,17)/b13-5-. The molecule has 0 aromatic carbocycles. The molecule has 0 fully saturated rings. The van der Waals surface area contributed by atoms with E-state index in [1.54, 1.807) is 18.5 Å². The maximum Gasteiger partial charge on any atom is 0.290 e. The molecule has 0 radical (unpaired) electrons. The summed E-state index contributed by atoms with van der Waals surface area (Å²) in [4.78, 5) is 15.5. The summed E-state index contributed by atoms with van der Waals surface area (Å²) in [7, 11) is 0. The predicted molar refractivity (Wildman–Crippen MR) is 65.6 cm³/mol. The molecule has 0 spiro atoms. The first kappa shape index (κ1) is 11.5. The summed E-state index contributed by atoms with van der Waals surface area (Å²) < 4.78 is 0.589. The van der Waals surface area contributed by atoms with Crippen molar-refractivity contribution in [1.82, 2.24) is 20.6 Å². The Kier molecular flexibility index (Phi) is 3.61. The number of halogens is 1. The van der Waals surface area contributed by atoms with E-state index in [-0.39, 0.29) is 5.91 Å². The Labute approximate surface area is 105 Å². The highest BCUT2D eigenvalue weighted by Gasteiger charge is 2.10. The van der Waals surface area contributed by atoms with E-state index in [9.17, 15) is 4.79 Å². The third-order valence-electron chi connectivity index (χ3n) is 1.88. The minimum absolute atomic E-state index is 0.327. The summed E-state index contributed by atoms with van der Waals surface area (Å²) in [6.45, 7) is 0. The summed E-state index contributed by atoms with van der Waals surface area (Å²) in [5, 5.41) is 10.1. The van der Waals surface area contributed by atoms with Crippen LogP contribution in [0.2, 0.25) is 0 Å². The van der Waals surface area contributed by atoms with Gasteiger partial charge in [0.25, 0.3) is 5.91 Å².